The highest BCUT2D eigenvalue weighted by Gasteiger charge is 2.44. The number of aliphatic carboxylic acids is 1. The first-order valence-corrected chi connectivity index (χ1v) is 5.91. The Labute approximate surface area is 113 Å². The third-order valence-corrected chi connectivity index (χ3v) is 3.42. The third-order valence-electron chi connectivity index (χ3n) is 3.42. The molecule has 0 aliphatic rings. The molecule has 0 atom stereocenters. The van der Waals surface area contributed by atoms with E-state index < -0.39 is 23.0 Å². The molecule has 0 spiro atoms. The van der Waals surface area contributed by atoms with Crippen LogP contribution < -0.4 is 10.6 Å². The van der Waals surface area contributed by atoms with Gasteiger partial charge in [-0.3, -0.25) is 9.59 Å². The van der Waals surface area contributed by atoms with Crippen LogP contribution in [0.5, 0.6) is 0 Å². The fourth-order valence-electron chi connectivity index (χ4n) is 1.07. The molecule has 0 heterocycles. The molecule has 0 aliphatic heterocycles. The number of hydrogen-bond acceptors (Lipinski definition) is 3. The Hall–Kier alpha value is -1.79. The predicted octanol–water partition coefficient (Wildman–Crippen LogP) is 0.263. The van der Waals surface area contributed by atoms with E-state index in [0.717, 1.165) is 0 Å². The summed E-state index contributed by atoms with van der Waals surface area (Å²) < 4.78 is 0. The Bertz CT molecular complexity index is 375. The maximum absolute atomic E-state index is 11.7. The minimum absolute atomic E-state index is 0.136. The highest BCUT2D eigenvalue weighted by molar-refractivity contribution is 5.84. The lowest BCUT2D eigenvalue weighted by atomic mass is 9.74. The van der Waals surface area contributed by atoms with Crippen LogP contribution in [0.2, 0.25) is 0 Å². The summed E-state index contributed by atoms with van der Waals surface area (Å²) in [6, 6.07) is -0.575. The van der Waals surface area contributed by atoms with E-state index in [2.05, 4.69) is 10.6 Å². The number of carbonyl (C=O) groups is 3. The number of likely N-dealkylation sites (N-methyl/N-ethyl adjacent to an activating group) is 1. The minimum Gasteiger partial charge on any atom is -0.481 e. The second-order valence-corrected chi connectivity index (χ2v) is 5.65. The zero-order valence-corrected chi connectivity index (χ0v) is 12.3. The maximum Gasteiger partial charge on any atom is 0.315 e. The highest BCUT2D eigenvalue weighted by Crippen LogP contribution is 2.30. The first kappa shape index (κ1) is 17.2. The molecular weight excluding hydrogens is 250 g/mol. The number of nitrogens with zero attached hydrogens (tertiary/aromatic N) is 1. The van der Waals surface area contributed by atoms with E-state index in [1.807, 2.05) is 0 Å². The van der Waals surface area contributed by atoms with Gasteiger partial charge in [-0.1, -0.05) is 0 Å². The van der Waals surface area contributed by atoms with Crippen molar-refractivity contribution in [3.05, 3.63) is 0 Å². The summed E-state index contributed by atoms with van der Waals surface area (Å²) in [5.41, 5.74) is -2.11. The lowest BCUT2D eigenvalue weighted by Gasteiger charge is -2.38. The fraction of sp³-hybridized carbons (Fsp3) is 0.750. The molecule has 7 nitrogen and oxygen atoms in total. The van der Waals surface area contributed by atoms with Crippen molar-refractivity contribution in [2.24, 2.45) is 5.41 Å². The largest absolute Gasteiger partial charge is 0.481 e. The molecule has 3 N–H and O–H groups in total. The lowest BCUT2D eigenvalue weighted by Crippen LogP contribution is -2.59. The van der Waals surface area contributed by atoms with E-state index in [4.69, 9.17) is 5.11 Å². The number of rotatable bonds is 5. The van der Waals surface area contributed by atoms with Crippen molar-refractivity contribution >= 4 is 17.9 Å². The van der Waals surface area contributed by atoms with Gasteiger partial charge in [-0.25, -0.2) is 4.79 Å². The number of nitrogens with one attached hydrogen (secondary N) is 2. The summed E-state index contributed by atoms with van der Waals surface area (Å²) in [7, 11) is 3.17. The number of amides is 3. The van der Waals surface area contributed by atoms with Gasteiger partial charge in [-0.05, 0) is 27.7 Å². The molecule has 19 heavy (non-hydrogen) atoms. The molecule has 0 radical (unpaired) electrons. The third kappa shape index (κ3) is 4.42. The van der Waals surface area contributed by atoms with Gasteiger partial charge in [0.2, 0.25) is 5.91 Å². The Morgan fingerprint density at radius 1 is 1.11 bits per heavy atom. The molecular formula is C12H23N3O4. The zero-order valence-electron chi connectivity index (χ0n) is 12.3. The summed E-state index contributed by atoms with van der Waals surface area (Å²) in [6.07, 6.45) is 0. The lowest BCUT2D eigenvalue weighted by molar-refractivity contribution is -0.150. The molecule has 0 rings (SSSR count). The Morgan fingerprint density at radius 2 is 1.58 bits per heavy atom. The summed E-state index contributed by atoms with van der Waals surface area (Å²) in [5.74, 6) is -1.26. The van der Waals surface area contributed by atoms with Gasteiger partial charge in [-0.2, -0.15) is 0 Å². The van der Waals surface area contributed by atoms with Crippen LogP contribution in [0.25, 0.3) is 0 Å². The van der Waals surface area contributed by atoms with Gasteiger partial charge in [-0.15, -0.1) is 0 Å². The van der Waals surface area contributed by atoms with Crippen molar-refractivity contribution in [3.8, 4) is 0 Å². The molecule has 0 aliphatic carbocycles. The molecule has 0 saturated heterocycles. The molecule has 0 fully saturated rings. The number of carboxylic acids is 1. The molecule has 110 valence electrons. The summed E-state index contributed by atoms with van der Waals surface area (Å²) in [6.45, 7) is 6.16. The van der Waals surface area contributed by atoms with Crippen molar-refractivity contribution in [3.63, 3.8) is 0 Å². The standard InChI is InChI=1S/C12H23N3O4/c1-11(2,9(17)18)12(3,4)14-10(19)13-7-8(16)15(5)6/h7H2,1-6H3,(H,17,18)(H2,13,14,19). The Kier molecular flexibility index (Phi) is 5.34. The SMILES string of the molecule is CN(C)C(=O)CNC(=O)NC(C)(C)C(C)(C)C(=O)O. The topological polar surface area (TPSA) is 98.7 Å². The quantitative estimate of drug-likeness (QED) is 0.669. The monoisotopic (exact) mass is 273 g/mol. The van der Waals surface area contributed by atoms with Crippen LogP contribution in [-0.2, 0) is 9.59 Å². The molecule has 0 unspecified atom stereocenters. The first-order chi connectivity index (χ1) is 8.41. The van der Waals surface area contributed by atoms with Gasteiger partial charge < -0.3 is 20.6 Å². The fourth-order valence-corrected chi connectivity index (χ4v) is 1.07. The van der Waals surface area contributed by atoms with Gasteiger partial charge in [0.15, 0.2) is 0 Å². The van der Waals surface area contributed by atoms with Crippen LogP contribution in [0.4, 0.5) is 4.79 Å². The Balaban J connectivity index is 4.56. The van der Waals surface area contributed by atoms with Crippen molar-refractivity contribution in [1.82, 2.24) is 15.5 Å². The molecule has 0 aromatic carbocycles. The summed E-state index contributed by atoms with van der Waals surface area (Å²) in [4.78, 5) is 35.5. The van der Waals surface area contributed by atoms with Crippen LogP contribution in [0, 0.1) is 5.41 Å². The van der Waals surface area contributed by atoms with Crippen molar-refractivity contribution < 1.29 is 19.5 Å². The average molecular weight is 273 g/mol. The highest BCUT2D eigenvalue weighted by atomic mass is 16.4. The predicted molar refractivity (Wildman–Crippen MR) is 70.7 cm³/mol. The van der Waals surface area contributed by atoms with E-state index in [1.54, 1.807) is 27.9 Å². The zero-order chi connectivity index (χ0) is 15.4. The van der Waals surface area contributed by atoms with E-state index in [0.29, 0.717) is 0 Å². The van der Waals surface area contributed by atoms with Crippen molar-refractivity contribution in [1.29, 1.82) is 0 Å². The van der Waals surface area contributed by atoms with Crippen LogP contribution >= 0.6 is 0 Å². The van der Waals surface area contributed by atoms with E-state index >= 15 is 0 Å². The van der Waals surface area contributed by atoms with Gasteiger partial charge in [0.1, 0.15) is 0 Å². The van der Waals surface area contributed by atoms with Crippen molar-refractivity contribution in [2.75, 3.05) is 20.6 Å². The van der Waals surface area contributed by atoms with Crippen LogP contribution in [-0.4, -0.2) is 54.1 Å². The maximum atomic E-state index is 11.7. The molecule has 0 aromatic rings. The smallest absolute Gasteiger partial charge is 0.315 e. The van der Waals surface area contributed by atoms with Crippen LogP contribution in [0.15, 0.2) is 0 Å². The van der Waals surface area contributed by atoms with E-state index in [9.17, 15) is 14.4 Å². The van der Waals surface area contributed by atoms with E-state index in [-0.39, 0.29) is 12.5 Å². The first-order valence-electron chi connectivity index (χ1n) is 5.91. The summed E-state index contributed by atoms with van der Waals surface area (Å²) in [5, 5.41) is 14.1. The van der Waals surface area contributed by atoms with Gasteiger partial charge in [0.25, 0.3) is 0 Å². The van der Waals surface area contributed by atoms with Crippen molar-refractivity contribution in [2.45, 2.75) is 33.2 Å². The second kappa shape index (κ2) is 5.90. The average Bonchev–Trinajstić information content (AvgIpc) is 2.24. The minimum atomic E-state index is -1.14. The molecule has 0 bridgehead atoms. The van der Waals surface area contributed by atoms with Gasteiger partial charge in [0, 0.05) is 14.1 Å². The number of urea groups is 1. The van der Waals surface area contributed by atoms with Crippen LogP contribution in [0.1, 0.15) is 27.7 Å². The van der Waals surface area contributed by atoms with Crippen LogP contribution in [0.3, 0.4) is 0 Å². The number of carboxylic acid groups (broad SMARTS) is 1. The molecule has 0 saturated carbocycles. The van der Waals surface area contributed by atoms with E-state index in [1.165, 1.54) is 18.7 Å². The molecule has 3 amide bonds. The number of carbonyl (C=O) groups excluding carboxylic acids is 2. The van der Waals surface area contributed by atoms with Gasteiger partial charge >= 0.3 is 12.0 Å². The summed E-state index contributed by atoms with van der Waals surface area (Å²) >= 11 is 0. The number of hydrogen-bond donors (Lipinski definition) is 3. The molecule has 7 heteroatoms. The van der Waals surface area contributed by atoms with Gasteiger partial charge in [0.05, 0.1) is 17.5 Å². The normalized spacial score (nSPS) is 11.7. The Morgan fingerprint density at radius 3 is 1.95 bits per heavy atom. The second-order valence-electron chi connectivity index (χ2n) is 5.65. The molecule has 0 aromatic heterocycles.